The Hall–Kier alpha value is -2.87. The molecule has 1 fully saturated rings. The number of benzene rings is 2. The fourth-order valence-corrected chi connectivity index (χ4v) is 5.71. The minimum atomic E-state index is -3.74. The van der Waals surface area contributed by atoms with E-state index in [9.17, 15) is 18.0 Å². The van der Waals surface area contributed by atoms with Gasteiger partial charge in [0.05, 0.1) is 11.9 Å². The van der Waals surface area contributed by atoms with Crippen LogP contribution in [0.3, 0.4) is 0 Å². The Morgan fingerprint density at radius 2 is 1.67 bits per heavy atom. The minimum Gasteiger partial charge on any atom is -0.352 e. The fourth-order valence-electron chi connectivity index (χ4n) is 4.83. The second kappa shape index (κ2) is 12.4. The molecule has 7 nitrogen and oxygen atoms in total. The van der Waals surface area contributed by atoms with Crippen LogP contribution in [0.2, 0.25) is 0 Å². The summed E-state index contributed by atoms with van der Waals surface area (Å²) in [4.78, 5) is 28.7. The number of aryl methyl sites for hydroxylation is 2. The normalized spacial score (nSPS) is 14.9. The number of hydrogen-bond acceptors (Lipinski definition) is 4. The number of rotatable bonds is 11. The molecule has 0 unspecified atom stereocenters. The maximum absolute atomic E-state index is 13.8. The van der Waals surface area contributed by atoms with Crippen LogP contribution in [-0.4, -0.2) is 50.0 Å². The van der Waals surface area contributed by atoms with E-state index >= 15 is 0 Å². The van der Waals surface area contributed by atoms with E-state index in [-0.39, 0.29) is 25.0 Å². The van der Waals surface area contributed by atoms with Gasteiger partial charge in [-0.3, -0.25) is 13.9 Å². The molecule has 1 atom stereocenters. The zero-order chi connectivity index (χ0) is 26.3. The standard InChI is InChI=1S/C28H39N3O4S/c1-5-23-11-7-10-14-26(23)31(36(4,34)35)20-27(32)30(19-22-17-15-21(3)16-18-22)25(6-2)28(33)29-24-12-8-9-13-24/h7,10-11,14-18,24-25H,5-6,8-9,12-13,19-20H2,1-4H3,(H,29,33)/t25-/m1/s1. The van der Waals surface area contributed by atoms with Crippen molar-refractivity contribution in [1.29, 1.82) is 0 Å². The molecule has 1 N–H and O–H groups in total. The maximum Gasteiger partial charge on any atom is 0.244 e. The van der Waals surface area contributed by atoms with E-state index in [4.69, 9.17) is 0 Å². The lowest BCUT2D eigenvalue weighted by Gasteiger charge is -2.33. The van der Waals surface area contributed by atoms with E-state index < -0.39 is 22.0 Å². The van der Waals surface area contributed by atoms with Crippen molar-refractivity contribution in [3.8, 4) is 0 Å². The number of para-hydroxylation sites is 1. The van der Waals surface area contributed by atoms with Crippen LogP contribution in [0.4, 0.5) is 5.69 Å². The van der Waals surface area contributed by atoms with Crippen LogP contribution in [-0.2, 0) is 32.6 Å². The third-order valence-electron chi connectivity index (χ3n) is 6.88. The van der Waals surface area contributed by atoms with Gasteiger partial charge < -0.3 is 10.2 Å². The molecule has 36 heavy (non-hydrogen) atoms. The molecular formula is C28H39N3O4S. The highest BCUT2D eigenvalue weighted by Crippen LogP contribution is 2.25. The molecule has 0 heterocycles. The summed E-state index contributed by atoms with van der Waals surface area (Å²) in [6, 6.07) is 14.5. The van der Waals surface area contributed by atoms with E-state index in [1.807, 2.05) is 57.2 Å². The maximum atomic E-state index is 13.8. The van der Waals surface area contributed by atoms with Crippen molar-refractivity contribution in [2.45, 2.75) is 77.9 Å². The topological polar surface area (TPSA) is 86.8 Å². The highest BCUT2D eigenvalue weighted by molar-refractivity contribution is 7.92. The summed E-state index contributed by atoms with van der Waals surface area (Å²) in [6.07, 6.45) is 6.25. The zero-order valence-corrected chi connectivity index (χ0v) is 22.7. The van der Waals surface area contributed by atoms with Crippen LogP contribution in [0.15, 0.2) is 48.5 Å². The van der Waals surface area contributed by atoms with E-state index in [1.165, 1.54) is 0 Å². The quantitative estimate of drug-likeness (QED) is 0.488. The highest BCUT2D eigenvalue weighted by atomic mass is 32.2. The Morgan fingerprint density at radius 1 is 1.03 bits per heavy atom. The average Bonchev–Trinajstić information content (AvgIpc) is 3.35. The van der Waals surface area contributed by atoms with E-state index in [0.717, 1.165) is 52.9 Å². The van der Waals surface area contributed by atoms with Gasteiger partial charge in [0.2, 0.25) is 21.8 Å². The molecule has 8 heteroatoms. The number of hydrogen-bond donors (Lipinski definition) is 1. The molecule has 0 saturated heterocycles. The summed E-state index contributed by atoms with van der Waals surface area (Å²) < 4.78 is 26.8. The van der Waals surface area contributed by atoms with Gasteiger partial charge >= 0.3 is 0 Å². The molecule has 196 valence electrons. The third kappa shape index (κ3) is 7.09. The van der Waals surface area contributed by atoms with Crippen LogP contribution >= 0.6 is 0 Å². The molecule has 2 aromatic rings. The van der Waals surface area contributed by atoms with Crippen molar-refractivity contribution in [2.75, 3.05) is 17.1 Å². The van der Waals surface area contributed by atoms with Crippen molar-refractivity contribution in [3.63, 3.8) is 0 Å². The summed E-state index contributed by atoms with van der Waals surface area (Å²) in [5.41, 5.74) is 3.32. The van der Waals surface area contributed by atoms with Crippen LogP contribution in [0.25, 0.3) is 0 Å². The van der Waals surface area contributed by atoms with Gasteiger partial charge in [0.1, 0.15) is 12.6 Å². The second-order valence-electron chi connectivity index (χ2n) is 9.67. The first-order valence-electron chi connectivity index (χ1n) is 12.8. The molecule has 2 aromatic carbocycles. The van der Waals surface area contributed by atoms with Gasteiger partial charge in [0, 0.05) is 12.6 Å². The number of nitrogens with zero attached hydrogens (tertiary/aromatic N) is 2. The molecule has 1 aliphatic carbocycles. The monoisotopic (exact) mass is 513 g/mol. The summed E-state index contributed by atoms with van der Waals surface area (Å²) in [5, 5.41) is 3.13. The molecule has 0 spiro atoms. The number of carbonyl (C=O) groups is 2. The summed E-state index contributed by atoms with van der Waals surface area (Å²) in [6.45, 7) is 5.68. The predicted octanol–water partition coefficient (Wildman–Crippen LogP) is 4.19. The lowest BCUT2D eigenvalue weighted by atomic mass is 10.1. The molecule has 0 aromatic heterocycles. The molecule has 0 bridgehead atoms. The fraction of sp³-hybridized carbons (Fsp3) is 0.500. The Balaban J connectivity index is 1.94. The number of carbonyl (C=O) groups excluding carboxylic acids is 2. The molecule has 2 amide bonds. The number of nitrogens with one attached hydrogen (secondary N) is 1. The van der Waals surface area contributed by atoms with Gasteiger partial charge in [-0.15, -0.1) is 0 Å². The average molecular weight is 514 g/mol. The molecule has 1 saturated carbocycles. The van der Waals surface area contributed by atoms with Gasteiger partial charge in [-0.2, -0.15) is 0 Å². The predicted molar refractivity (Wildman–Crippen MR) is 144 cm³/mol. The van der Waals surface area contributed by atoms with Crippen LogP contribution in [0, 0.1) is 6.92 Å². The van der Waals surface area contributed by atoms with Crippen molar-refractivity contribution < 1.29 is 18.0 Å². The van der Waals surface area contributed by atoms with Gasteiger partial charge in [0.15, 0.2) is 0 Å². The minimum absolute atomic E-state index is 0.131. The lowest BCUT2D eigenvalue weighted by molar-refractivity contribution is -0.140. The zero-order valence-electron chi connectivity index (χ0n) is 21.9. The van der Waals surface area contributed by atoms with Crippen molar-refractivity contribution >= 4 is 27.5 Å². The number of anilines is 1. The lowest BCUT2D eigenvalue weighted by Crippen LogP contribution is -2.53. The first kappa shape index (κ1) is 27.7. The van der Waals surface area contributed by atoms with E-state index in [2.05, 4.69) is 5.32 Å². The van der Waals surface area contributed by atoms with Gasteiger partial charge in [0.25, 0.3) is 0 Å². The summed E-state index contributed by atoms with van der Waals surface area (Å²) >= 11 is 0. The van der Waals surface area contributed by atoms with Crippen LogP contribution < -0.4 is 9.62 Å². The van der Waals surface area contributed by atoms with Crippen molar-refractivity contribution in [3.05, 3.63) is 65.2 Å². The molecule has 0 radical (unpaired) electrons. The molecule has 3 rings (SSSR count). The third-order valence-corrected chi connectivity index (χ3v) is 8.01. The first-order valence-corrected chi connectivity index (χ1v) is 14.7. The SMILES string of the molecule is CCc1ccccc1N(CC(=O)N(Cc1ccc(C)cc1)[C@H](CC)C(=O)NC1CCCC1)S(C)(=O)=O. The molecular weight excluding hydrogens is 474 g/mol. The summed E-state index contributed by atoms with van der Waals surface area (Å²) in [5.74, 6) is -0.579. The van der Waals surface area contributed by atoms with E-state index in [1.54, 1.807) is 17.0 Å². The van der Waals surface area contributed by atoms with Gasteiger partial charge in [-0.05, 0) is 49.8 Å². The Morgan fingerprint density at radius 3 is 2.25 bits per heavy atom. The van der Waals surface area contributed by atoms with Gasteiger partial charge in [-0.1, -0.05) is 74.7 Å². The number of amides is 2. The summed E-state index contributed by atoms with van der Waals surface area (Å²) in [7, 11) is -3.74. The van der Waals surface area contributed by atoms with E-state index in [0.29, 0.717) is 18.5 Å². The largest absolute Gasteiger partial charge is 0.352 e. The Kier molecular flexibility index (Phi) is 9.54. The second-order valence-corrected chi connectivity index (χ2v) is 11.6. The Bertz CT molecular complexity index is 1140. The Labute approximate surface area is 215 Å². The first-order chi connectivity index (χ1) is 17.1. The van der Waals surface area contributed by atoms with Gasteiger partial charge in [-0.25, -0.2) is 8.42 Å². The highest BCUT2D eigenvalue weighted by Gasteiger charge is 2.33. The smallest absolute Gasteiger partial charge is 0.244 e. The molecule has 1 aliphatic rings. The van der Waals surface area contributed by atoms with Crippen LogP contribution in [0.5, 0.6) is 0 Å². The van der Waals surface area contributed by atoms with Crippen molar-refractivity contribution in [1.82, 2.24) is 10.2 Å². The van der Waals surface area contributed by atoms with Crippen LogP contribution in [0.1, 0.15) is 62.6 Å². The van der Waals surface area contributed by atoms with Crippen molar-refractivity contribution in [2.24, 2.45) is 0 Å². The number of sulfonamides is 1. The molecule has 0 aliphatic heterocycles.